The van der Waals surface area contributed by atoms with Crippen molar-refractivity contribution in [2.24, 2.45) is 0 Å². The van der Waals surface area contributed by atoms with Crippen LogP contribution < -0.4 is 14.8 Å². The SMILES string of the molecule is COc1cc2c(cc1OCc1ccccc1)[C@H](c1ccccc1)CNCC2. The topological polar surface area (TPSA) is 30.5 Å². The molecule has 0 saturated heterocycles. The molecule has 0 fully saturated rings. The summed E-state index contributed by atoms with van der Waals surface area (Å²) in [6, 6.07) is 25.3. The van der Waals surface area contributed by atoms with Crippen LogP contribution in [0.15, 0.2) is 72.8 Å². The van der Waals surface area contributed by atoms with Crippen LogP contribution in [0.1, 0.15) is 28.2 Å². The number of fused-ring (bicyclic) bond motifs is 1. The summed E-state index contributed by atoms with van der Waals surface area (Å²) in [6.45, 7) is 2.44. The summed E-state index contributed by atoms with van der Waals surface area (Å²) in [5, 5.41) is 3.58. The Morgan fingerprint density at radius 1 is 0.926 bits per heavy atom. The second kappa shape index (κ2) is 8.28. The quantitative estimate of drug-likeness (QED) is 0.725. The maximum atomic E-state index is 6.16. The monoisotopic (exact) mass is 359 g/mol. The highest BCUT2D eigenvalue weighted by Crippen LogP contribution is 2.37. The van der Waals surface area contributed by atoms with Crippen molar-refractivity contribution in [1.82, 2.24) is 5.32 Å². The summed E-state index contributed by atoms with van der Waals surface area (Å²) in [6.07, 6.45) is 0.994. The highest BCUT2D eigenvalue weighted by molar-refractivity contribution is 5.51. The molecule has 3 aromatic rings. The second-order valence-electron chi connectivity index (χ2n) is 6.89. The van der Waals surface area contributed by atoms with Crippen molar-refractivity contribution in [1.29, 1.82) is 0 Å². The Balaban J connectivity index is 1.69. The van der Waals surface area contributed by atoms with Crippen LogP contribution >= 0.6 is 0 Å². The predicted molar refractivity (Wildman–Crippen MR) is 109 cm³/mol. The van der Waals surface area contributed by atoms with E-state index >= 15 is 0 Å². The molecule has 0 amide bonds. The van der Waals surface area contributed by atoms with Crippen LogP contribution in [0.3, 0.4) is 0 Å². The first kappa shape index (κ1) is 17.6. The van der Waals surface area contributed by atoms with Gasteiger partial charge < -0.3 is 14.8 Å². The largest absolute Gasteiger partial charge is 0.493 e. The van der Waals surface area contributed by atoms with Crippen molar-refractivity contribution < 1.29 is 9.47 Å². The molecule has 3 nitrogen and oxygen atoms in total. The van der Waals surface area contributed by atoms with Gasteiger partial charge in [0.15, 0.2) is 11.5 Å². The van der Waals surface area contributed by atoms with E-state index in [0.29, 0.717) is 12.5 Å². The molecule has 1 aliphatic rings. The fourth-order valence-electron chi connectivity index (χ4n) is 3.73. The van der Waals surface area contributed by atoms with E-state index in [1.807, 2.05) is 18.2 Å². The summed E-state index contributed by atoms with van der Waals surface area (Å²) in [5.41, 5.74) is 5.14. The molecule has 4 rings (SSSR count). The number of hydrogen-bond donors (Lipinski definition) is 1. The van der Waals surface area contributed by atoms with E-state index in [4.69, 9.17) is 9.47 Å². The van der Waals surface area contributed by atoms with E-state index < -0.39 is 0 Å². The van der Waals surface area contributed by atoms with E-state index in [2.05, 4.69) is 59.9 Å². The van der Waals surface area contributed by atoms with E-state index in [9.17, 15) is 0 Å². The number of hydrogen-bond acceptors (Lipinski definition) is 3. The maximum absolute atomic E-state index is 6.16. The van der Waals surface area contributed by atoms with Crippen molar-refractivity contribution in [2.75, 3.05) is 20.2 Å². The fourth-order valence-corrected chi connectivity index (χ4v) is 3.73. The van der Waals surface area contributed by atoms with Gasteiger partial charge in [0.2, 0.25) is 0 Å². The lowest BCUT2D eigenvalue weighted by Crippen LogP contribution is -2.20. The fraction of sp³-hybridized carbons (Fsp3) is 0.250. The third-order valence-corrected chi connectivity index (χ3v) is 5.16. The molecule has 3 heteroatoms. The number of methoxy groups -OCH3 is 1. The number of ether oxygens (including phenoxy) is 2. The normalized spacial score (nSPS) is 16.3. The van der Waals surface area contributed by atoms with Crippen LogP contribution in [-0.4, -0.2) is 20.2 Å². The predicted octanol–water partition coefficient (Wildman–Crippen LogP) is 4.55. The molecule has 1 atom stereocenters. The Bertz CT molecular complexity index is 878. The van der Waals surface area contributed by atoms with Crippen LogP contribution in [0.4, 0.5) is 0 Å². The summed E-state index contributed by atoms with van der Waals surface area (Å²) in [7, 11) is 1.71. The molecule has 3 aromatic carbocycles. The van der Waals surface area contributed by atoms with E-state index in [1.165, 1.54) is 16.7 Å². The van der Waals surface area contributed by atoms with E-state index in [0.717, 1.165) is 36.6 Å². The van der Waals surface area contributed by atoms with Crippen molar-refractivity contribution in [3.05, 3.63) is 95.1 Å². The third kappa shape index (κ3) is 3.99. The molecule has 1 aliphatic heterocycles. The van der Waals surface area contributed by atoms with Crippen LogP contribution in [0.2, 0.25) is 0 Å². The third-order valence-electron chi connectivity index (χ3n) is 5.16. The van der Waals surface area contributed by atoms with Gasteiger partial charge >= 0.3 is 0 Å². The number of nitrogens with one attached hydrogen (secondary N) is 1. The summed E-state index contributed by atoms with van der Waals surface area (Å²) < 4.78 is 11.8. The molecule has 0 unspecified atom stereocenters. The van der Waals surface area contributed by atoms with Gasteiger partial charge in [-0.2, -0.15) is 0 Å². The van der Waals surface area contributed by atoms with Crippen LogP contribution in [-0.2, 0) is 13.0 Å². The van der Waals surface area contributed by atoms with Gasteiger partial charge in [-0.3, -0.25) is 0 Å². The van der Waals surface area contributed by atoms with Crippen LogP contribution in [0, 0.1) is 0 Å². The Morgan fingerprint density at radius 3 is 2.41 bits per heavy atom. The van der Waals surface area contributed by atoms with Crippen molar-refractivity contribution in [2.45, 2.75) is 18.9 Å². The van der Waals surface area contributed by atoms with Gasteiger partial charge in [0.1, 0.15) is 6.61 Å². The zero-order valence-electron chi connectivity index (χ0n) is 15.7. The smallest absolute Gasteiger partial charge is 0.161 e. The zero-order valence-corrected chi connectivity index (χ0v) is 15.7. The lowest BCUT2D eigenvalue weighted by Gasteiger charge is -2.21. The first-order valence-corrected chi connectivity index (χ1v) is 9.48. The molecule has 0 bridgehead atoms. The molecule has 138 valence electrons. The van der Waals surface area contributed by atoms with E-state index in [1.54, 1.807) is 7.11 Å². The Hall–Kier alpha value is -2.78. The van der Waals surface area contributed by atoms with Gasteiger partial charge in [0, 0.05) is 12.5 Å². The Labute approximate surface area is 161 Å². The summed E-state index contributed by atoms with van der Waals surface area (Å²) in [4.78, 5) is 0. The van der Waals surface area contributed by atoms with Crippen LogP contribution in [0.25, 0.3) is 0 Å². The van der Waals surface area contributed by atoms with Gasteiger partial charge in [0.25, 0.3) is 0 Å². The van der Waals surface area contributed by atoms with Crippen LogP contribution in [0.5, 0.6) is 11.5 Å². The molecule has 0 saturated carbocycles. The first-order chi connectivity index (χ1) is 13.3. The van der Waals surface area contributed by atoms with E-state index in [-0.39, 0.29) is 0 Å². The minimum atomic E-state index is 0.314. The zero-order chi connectivity index (χ0) is 18.5. The van der Waals surface area contributed by atoms with Gasteiger partial charge in [-0.15, -0.1) is 0 Å². The van der Waals surface area contributed by atoms with Gasteiger partial charge in [-0.1, -0.05) is 60.7 Å². The van der Waals surface area contributed by atoms with Crippen molar-refractivity contribution >= 4 is 0 Å². The molecule has 27 heavy (non-hydrogen) atoms. The van der Waals surface area contributed by atoms with Gasteiger partial charge in [-0.25, -0.2) is 0 Å². The standard InChI is InChI=1S/C24H25NO2/c1-26-23-14-20-12-13-25-16-22(19-10-6-3-7-11-19)21(20)15-24(23)27-17-18-8-4-2-5-9-18/h2-11,14-15,22,25H,12-13,16-17H2,1H3/t22-/m0/s1. The lowest BCUT2D eigenvalue weighted by molar-refractivity contribution is 0.284. The number of rotatable bonds is 5. The molecule has 1 N–H and O–H groups in total. The first-order valence-electron chi connectivity index (χ1n) is 9.48. The molecule has 0 radical (unpaired) electrons. The van der Waals surface area contributed by atoms with Crippen molar-refractivity contribution in [3.8, 4) is 11.5 Å². The molecular formula is C24H25NO2. The average Bonchev–Trinajstić information content (AvgIpc) is 2.94. The Kier molecular flexibility index (Phi) is 5.40. The maximum Gasteiger partial charge on any atom is 0.161 e. The van der Waals surface area contributed by atoms with Gasteiger partial charge in [-0.05, 0) is 47.4 Å². The average molecular weight is 359 g/mol. The summed E-state index contributed by atoms with van der Waals surface area (Å²) in [5.74, 6) is 1.93. The molecule has 0 spiro atoms. The molecule has 1 heterocycles. The lowest BCUT2D eigenvalue weighted by atomic mass is 9.88. The van der Waals surface area contributed by atoms with Gasteiger partial charge in [0.05, 0.1) is 7.11 Å². The molecule has 0 aromatic heterocycles. The minimum Gasteiger partial charge on any atom is -0.493 e. The highest BCUT2D eigenvalue weighted by Gasteiger charge is 2.23. The minimum absolute atomic E-state index is 0.314. The van der Waals surface area contributed by atoms with Crippen molar-refractivity contribution in [3.63, 3.8) is 0 Å². The number of benzene rings is 3. The molecule has 0 aliphatic carbocycles. The summed E-state index contributed by atoms with van der Waals surface area (Å²) >= 11 is 0. The Morgan fingerprint density at radius 2 is 1.67 bits per heavy atom. The molecular weight excluding hydrogens is 334 g/mol. The highest BCUT2D eigenvalue weighted by atomic mass is 16.5. The second-order valence-corrected chi connectivity index (χ2v) is 6.89.